The average Bonchev–Trinajstić information content (AvgIpc) is 3.36. The Labute approximate surface area is 194 Å². The fraction of sp³-hybridized carbons (Fsp3) is 0.591. The van der Waals surface area contributed by atoms with Gasteiger partial charge in [-0.1, -0.05) is 69.6 Å². The summed E-state index contributed by atoms with van der Waals surface area (Å²) in [4.78, 5) is 31.3. The third kappa shape index (κ3) is 5.78. The second-order valence-electron chi connectivity index (χ2n) is 8.08. The summed E-state index contributed by atoms with van der Waals surface area (Å²) in [6.07, 6.45) is 9.88. The third-order valence-electron chi connectivity index (χ3n) is 5.55. The zero-order valence-corrected chi connectivity index (χ0v) is 20.7. The maximum atomic E-state index is 13.9. The molecule has 4 N–H and O–H groups in total. The maximum Gasteiger partial charge on any atom is 0.245 e. The number of aryl methyl sites for hydroxylation is 1. The number of hydrogen-bond acceptors (Lipinski definition) is 6. The molecule has 2 aromatic rings. The molecule has 1 atom stereocenters. The van der Waals surface area contributed by atoms with E-state index >= 15 is 0 Å². The summed E-state index contributed by atoms with van der Waals surface area (Å²) in [7, 11) is -4.24. The number of hydrogen-bond donors (Lipinski definition) is 3. The van der Waals surface area contributed by atoms with Crippen molar-refractivity contribution in [1.29, 1.82) is 0 Å². The molecule has 2 aromatic heterocycles. The fourth-order valence-corrected chi connectivity index (χ4v) is 7.58. The van der Waals surface area contributed by atoms with Crippen molar-refractivity contribution in [3.05, 3.63) is 29.7 Å². The van der Waals surface area contributed by atoms with E-state index in [1.165, 1.54) is 26.2 Å². The molecule has 2 amide bonds. The summed E-state index contributed by atoms with van der Waals surface area (Å²) in [5, 5.41) is 2.69. The third-order valence-corrected chi connectivity index (χ3v) is 9.66. The first-order valence-corrected chi connectivity index (χ1v) is 13.4. The van der Waals surface area contributed by atoms with Crippen LogP contribution in [0.5, 0.6) is 0 Å². The van der Waals surface area contributed by atoms with Gasteiger partial charge < -0.3 is 16.0 Å². The summed E-state index contributed by atoms with van der Waals surface area (Å²) in [5.74, 6) is -1.27. The highest BCUT2D eigenvalue weighted by atomic mass is 32.2. The number of unbranched alkanes of at least 4 members (excludes halogenated alkanes) is 7. The molecule has 2 heterocycles. The zero-order valence-electron chi connectivity index (χ0n) is 19.1. The van der Waals surface area contributed by atoms with Crippen LogP contribution in [-0.2, 0) is 24.2 Å². The van der Waals surface area contributed by atoms with E-state index in [0.29, 0.717) is 6.42 Å². The minimum atomic E-state index is -4.24. The number of sulfone groups is 1. The largest absolute Gasteiger partial charge is 0.368 e. The number of thiazole rings is 1. The van der Waals surface area contributed by atoms with Gasteiger partial charge in [-0.15, -0.1) is 0 Å². The SMILES string of the molecule is CCCCCCCCCCC(C(N)=O)(c1ccc[nH]1)S(=O)(=O)c1sc(NC(C)=O)nc1C. The number of rotatable bonds is 14. The Hall–Kier alpha value is -2.20. The number of amides is 2. The average molecular weight is 483 g/mol. The van der Waals surface area contributed by atoms with Crippen LogP contribution < -0.4 is 11.1 Å². The van der Waals surface area contributed by atoms with Gasteiger partial charge in [0.2, 0.25) is 21.7 Å². The lowest BCUT2D eigenvalue weighted by atomic mass is 9.95. The number of nitrogens with one attached hydrogen (secondary N) is 2. The first-order chi connectivity index (χ1) is 15.2. The van der Waals surface area contributed by atoms with Crippen LogP contribution in [0.2, 0.25) is 0 Å². The van der Waals surface area contributed by atoms with Crippen LogP contribution in [0.4, 0.5) is 5.13 Å². The van der Waals surface area contributed by atoms with Crippen molar-refractivity contribution in [3.8, 4) is 0 Å². The molecule has 1 unspecified atom stereocenters. The van der Waals surface area contributed by atoms with Gasteiger partial charge >= 0.3 is 0 Å². The number of aromatic nitrogens is 2. The van der Waals surface area contributed by atoms with Crippen LogP contribution in [0.25, 0.3) is 0 Å². The van der Waals surface area contributed by atoms with Gasteiger partial charge in [0.05, 0.1) is 5.69 Å². The number of carbonyl (C=O) groups is 2. The Kier molecular flexibility index (Phi) is 9.45. The van der Waals surface area contributed by atoms with E-state index < -0.39 is 20.5 Å². The number of carbonyl (C=O) groups excluding carboxylic acids is 2. The molecule has 10 heteroatoms. The smallest absolute Gasteiger partial charge is 0.245 e. The highest BCUT2D eigenvalue weighted by molar-refractivity contribution is 7.95. The molecular weight excluding hydrogens is 448 g/mol. The molecule has 0 aliphatic carbocycles. The summed E-state index contributed by atoms with van der Waals surface area (Å²) in [5.41, 5.74) is 6.28. The van der Waals surface area contributed by atoms with E-state index in [1.54, 1.807) is 25.3 Å². The van der Waals surface area contributed by atoms with Crippen LogP contribution in [-0.4, -0.2) is 30.2 Å². The van der Waals surface area contributed by atoms with Crippen LogP contribution in [0.1, 0.15) is 83.0 Å². The highest BCUT2D eigenvalue weighted by Crippen LogP contribution is 2.43. The normalized spacial score (nSPS) is 13.6. The zero-order chi connectivity index (χ0) is 23.8. The quantitative estimate of drug-likeness (QED) is 0.342. The number of anilines is 1. The number of primary amides is 1. The lowest BCUT2D eigenvalue weighted by Gasteiger charge is -2.29. The van der Waals surface area contributed by atoms with Crippen molar-refractivity contribution in [1.82, 2.24) is 9.97 Å². The monoisotopic (exact) mass is 482 g/mol. The molecule has 0 saturated carbocycles. The van der Waals surface area contributed by atoms with Crippen LogP contribution in [0.15, 0.2) is 22.5 Å². The number of nitrogens with two attached hydrogens (primary N) is 1. The fourth-order valence-electron chi connectivity index (χ4n) is 3.89. The van der Waals surface area contributed by atoms with Crippen molar-refractivity contribution in [2.75, 3.05) is 5.32 Å². The summed E-state index contributed by atoms with van der Waals surface area (Å²) < 4.78 is 25.8. The molecule has 0 fully saturated rings. The second kappa shape index (κ2) is 11.6. The Balaban J connectivity index is 2.32. The van der Waals surface area contributed by atoms with Crippen molar-refractivity contribution in [2.45, 2.75) is 87.5 Å². The predicted octanol–water partition coefficient (Wildman–Crippen LogP) is 4.42. The lowest BCUT2D eigenvalue weighted by molar-refractivity contribution is -0.121. The van der Waals surface area contributed by atoms with Crippen molar-refractivity contribution >= 4 is 38.1 Å². The molecule has 2 rings (SSSR count). The van der Waals surface area contributed by atoms with Crippen LogP contribution in [0, 0.1) is 6.92 Å². The number of nitrogens with zero attached hydrogens (tertiary/aromatic N) is 1. The molecular formula is C22H34N4O4S2. The van der Waals surface area contributed by atoms with Gasteiger partial charge in [-0.05, 0) is 25.5 Å². The summed E-state index contributed by atoms with van der Waals surface area (Å²) >= 11 is 0.839. The lowest BCUT2D eigenvalue weighted by Crippen LogP contribution is -2.48. The van der Waals surface area contributed by atoms with E-state index in [9.17, 15) is 18.0 Å². The molecule has 178 valence electrons. The predicted molar refractivity (Wildman–Crippen MR) is 127 cm³/mol. The molecule has 0 aliphatic rings. The molecule has 0 saturated heterocycles. The van der Waals surface area contributed by atoms with E-state index in [4.69, 9.17) is 5.73 Å². The van der Waals surface area contributed by atoms with Crippen LogP contribution in [0.3, 0.4) is 0 Å². The Morgan fingerprint density at radius 1 is 1.16 bits per heavy atom. The van der Waals surface area contributed by atoms with Gasteiger partial charge in [0.25, 0.3) is 0 Å². The highest BCUT2D eigenvalue weighted by Gasteiger charge is 2.53. The second-order valence-corrected chi connectivity index (χ2v) is 11.4. The standard InChI is InChI=1S/C22H34N4O4S2/c1-4-5-6-7-8-9-10-11-14-22(20(23)28,18-13-12-15-24-18)32(29,30)19-16(2)25-21(31-19)26-17(3)27/h12-13,15,24H,4-11,14H2,1-3H3,(H2,23,28)(H,25,26,27). The van der Waals surface area contributed by atoms with Crippen molar-refractivity contribution < 1.29 is 18.0 Å². The molecule has 8 nitrogen and oxygen atoms in total. The van der Waals surface area contributed by atoms with E-state index in [-0.39, 0.29) is 33.1 Å². The number of aromatic amines is 1. The minimum Gasteiger partial charge on any atom is -0.368 e. The van der Waals surface area contributed by atoms with E-state index in [0.717, 1.165) is 37.0 Å². The number of H-pyrrole nitrogens is 1. The maximum absolute atomic E-state index is 13.9. The van der Waals surface area contributed by atoms with Gasteiger partial charge in [-0.3, -0.25) is 9.59 Å². The molecule has 0 aliphatic heterocycles. The first kappa shape index (κ1) is 26.1. The topological polar surface area (TPSA) is 135 Å². The Morgan fingerprint density at radius 2 is 1.78 bits per heavy atom. The van der Waals surface area contributed by atoms with Gasteiger partial charge in [-0.2, -0.15) is 0 Å². The molecule has 0 spiro atoms. The molecule has 0 radical (unpaired) electrons. The molecule has 0 bridgehead atoms. The first-order valence-electron chi connectivity index (χ1n) is 11.1. The van der Waals surface area contributed by atoms with Gasteiger partial charge in [0.1, 0.15) is 4.21 Å². The Bertz CT molecular complexity index is 999. The van der Waals surface area contributed by atoms with Gasteiger partial charge in [0.15, 0.2) is 9.88 Å². The van der Waals surface area contributed by atoms with E-state index in [2.05, 4.69) is 22.2 Å². The minimum absolute atomic E-state index is 0.0609. The molecule has 0 aromatic carbocycles. The molecule has 32 heavy (non-hydrogen) atoms. The van der Waals surface area contributed by atoms with Gasteiger partial charge in [0, 0.05) is 18.8 Å². The summed E-state index contributed by atoms with van der Waals surface area (Å²) in [6, 6.07) is 3.23. The summed E-state index contributed by atoms with van der Waals surface area (Å²) in [6.45, 7) is 5.04. The van der Waals surface area contributed by atoms with E-state index in [1.807, 2.05) is 0 Å². The van der Waals surface area contributed by atoms with Crippen molar-refractivity contribution in [3.63, 3.8) is 0 Å². The van der Waals surface area contributed by atoms with Crippen LogP contribution >= 0.6 is 11.3 Å². The van der Waals surface area contributed by atoms with Crippen molar-refractivity contribution in [2.24, 2.45) is 5.73 Å². The Morgan fingerprint density at radius 3 is 2.31 bits per heavy atom. The van der Waals surface area contributed by atoms with Gasteiger partial charge in [-0.25, -0.2) is 13.4 Å².